The summed E-state index contributed by atoms with van der Waals surface area (Å²) < 4.78 is 1.95. The number of rotatable bonds is 4. The molecule has 2 atom stereocenters. The van der Waals surface area contributed by atoms with Gasteiger partial charge in [0.15, 0.2) is 0 Å². The fourth-order valence-corrected chi connectivity index (χ4v) is 3.22. The molecule has 1 saturated heterocycles. The standard InChI is InChI=1S/C15H28N4/c1-4-13-6-5-8-19(9-7-13)15(10-16)14-11-17-18(3)12(14)2/h11,13,15H,4-10,16H2,1-3H3. The van der Waals surface area contributed by atoms with E-state index in [0.29, 0.717) is 12.6 Å². The van der Waals surface area contributed by atoms with Gasteiger partial charge < -0.3 is 5.73 Å². The van der Waals surface area contributed by atoms with E-state index in [2.05, 4.69) is 23.8 Å². The normalized spacial score (nSPS) is 23.3. The van der Waals surface area contributed by atoms with Crippen molar-refractivity contribution < 1.29 is 0 Å². The lowest BCUT2D eigenvalue weighted by Crippen LogP contribution is -2.35. The molecule has 4 nitrogen and oxygen atoms in total. The van der Waals surface area contributed by atoms with Gasteiger partial charge in [0.05, 0.1) is 12.2 Å². The smallest absolute Gasteiger partial charge is 0.0540 e. The highest BCUT2D eigenvalue weighted by Crippen LogP contribution is 2.28. The average molecular weight is 264 g/mol. The van der Waals surface area contributed by atoms with E-state index in [4.69, 9.17) is 5.73 Å². The molecule has 0 bridgehead atoms. The molecule has 2 unspecified atom stereocenters. The fourth-order valence-electron chi connectivity index (χ4n) is 3.22. The predicted octanol–water partition coefficient (Wildman–Crippen LogP) is 2.24. The van der Waals surface area contributed by atoms with Crippen molar-refractivity contribution in [3.05, 3.63) is 17.5 Å². The van der Waals surface area contributed by atoms with Crippen molar-refractivity contribution in [3.63, 3.8) is 0 Å². The number of nitrogens with zero attached hydrogens (tertiary/aromatic N) is 3. The second-order valence-electron chi connectivity index (χ2n) is 5.80. The summed E-state index contributed by atoms with van der Waals surface area (Å²) in [5.41, 5.74) is 8.60. The summed E-state index contributed by atoms with van der Waals surface area (Å²) in [6.45, 7) is 7.48. The van der Waals surface area contributed by atoms with Crippen LogP contribution in [-0.2, 0) is 7.05 Å². The lowest BCUT2D eigenvalue weighted by molar-refractivity contribution is 0.206. The van der Waals surface area contributed by atoms with Gasteiger partial charge in [-0.3, -0.25) is 9.58 Å². The molecule has 1 aliphatic heterocycles. The summed E-state index contributed by atoms with van der Waals surface area (Å²) in [6, 6.07) is 0.337. The third kappa shape index (κ3) is 3.18. The summed E-state index contributed by atoms with van der Waals surface area (Å²) in [5, 5.41) is 4.37. The van der Waals surface area contributed by atoms with E-state index in [1.807, 2.05) is 17.9 Å². The van der Waals surface area contributed by atoms with Crippen molar-refractivity contribution >= 4 is 0 Å². The van der Waals surface area contributed by atoms with E-state index in [9.17, 15) is 0 Å². The highest BCUT2D eigenvalue weighted by Gasteiger charge is 2.25. The van der Waals surface area contributed by atoms with Gasteiger partial charge >= 0.3 is 0 Å². The van der Waals surface area contributed by atoms with Gasteiger partial charge in [-0.1, -0.05) is 13.3 Å². The number of aromatic nitrogens is 2. The van der Waals surface area contributed by atoms with Crippen molar-refractivity contribution in [3.8, 4) is 0 Å². The quantitative estimate of drug-likeness (QED) is 0.907. The summed E-state index contributed by atoms with van der Waals surface area (Å²) in [5.74, 6) is 0.901. The maximum Gasteiger partial charge on any atom is 0.0540 e. The van der Waals surface area contributed by atoms with Crippen molar-refractivity contribution in [2.45, 2.75) is 45.6 Å². The van der Waals surface area contributed by atoms with Crippen LogP contribution in [0.15, 0.2) is 6.20 Å². The van der Waals surface area contributed by atoms with Crippen LogP contribution in [0.25, 0.3) is 0 Å². The van der Waals surface area contributed by atoms with Gasteiger partial charge in [0.1, 0.15) is 0 Å². The molecule has 0 spiro atoms. The van der Waals surface area contributed by atoms with Crippen LogP contribution in [0.3, 0.4) is 0 Å². The first kappa shape index (κ1) is 14.5. The molecule has 2 N–H and O–H groups in total. The summed E-state index contributed by atoms with van der Waals surface area (Å²) in [4.78, 5) is 2.57. The minimum Gasteiger partial charge on any atom is -0.329 e. The first-order chi connectivity index (χ1) is 9.17. The molecule has 2 heterocycles. The zero-order chi connectivity index (χ0) is 13.8. The number of hydrogen-bond donors (Lipinski definition) is 1. The second-order valence-corrected chi connectivity index (χ2v) is 5.80. The first-order valence-corrected chi connectivity index (χ1v) is 7.60. The molecule has 2 rings (SSSR count). The molecular formula is C15H28N4. The summed E-state index contributed by atoms with van der Waals surface area (Å²) >= 11 is 0. The Labute approximate surface area is 117 Å². The van der Waals surface area contributed by atoms with E-state index in [-0.39, 0.29) is 0 Å². The van der Waals surface area contributed by atoms with Crippen LogP contribution in [0, 0.1) is 12.8 Å². The predicted molar refractivity (Wildman–Crippen MR) is 78.9 cm³/mol. The van der Waals surface area contributed by atoms with E-state index in [1.54, 1.807) is 0 Å². The van der Waals surface area contributed by atoms with Crippen LogP contribution in [0.2, 0.25) is 0 Å². The maximum atomic E-state index is 6.05. The molecule has 1 aliphatic rings. The lowest BCUT2D eigenvalue weighted by Gasteiger charge is -2.29. The van der Waals surface area contributed by atoms with Gasteiger partial charge in [-0.05, 0) is 45.2 Å². The molecule has 1 aromatic rings. The van der Waals surface area contributed by atoms with E-state index < -0.39 is 0 Å². The molecule has 0 aliphatic carbocycles. The monoisotopic (exact) mass is 264 g/mol. The van der Waals surface area contributed by atoms with E-state index >= 15 is 0 Å². The van der Waals surface area contributed by atoms with Crippen LogP contribution in [0.1, 0.15) is 49.9 Å². The number of nitrogens with two attached hydrogens (primary N) is 1. The summed E-state index contributed by atoms with van der Waals surface area (Å²) in [7, 11) is 2.00. The number of likely N-dealkylation sites (tertiary alicyclic amines) is 1. The lowest BCUT2D eigenvalue weighted by atomic mass is 9.98. The molecule has 4 heteroatoms. The largest absolute Gasteiger partial charge is 0.329 e. The van der Waals surface area contributed by atoms with Crippen LogP contribution >= 0.6 is 0 Å². The molecule has 0 amide bonds. The second kappa shape index (κ2) is 6.53. The van der Waals surface area contributed by atoms with E-state index in [0.717, 1.165) is 5.92 Å². The van der Waals surface area contributed by atoms with Crippen LogP contribution < -0.4 is 5.73 Å². The van der Waals surface area contributed by atoms with Gasteiger partial charge in [0.2, 0.25) is 0 Å². The highest BCUT2D eigenvalue weighted by molar-refractivity contribution is 5.21. The van der Waals surface area contributed by atoms with Crippen molar-refractivity contribution in [2.24, 2.45) is 18.7 Å². The minimum atomic E-state index is 0.337. The molecular weight excluding hydrogens is 236 g/mol. The van der Waals surface area contributed by atoms with Gasteiger partial charge in [0, 0.05) is 24.8 Å². The molecule has 0 radical (unpaired) electrons. The van der Waals surface area contributed by atoms with Crippen molar-refractivity contribution in [2.75, 3.05) is 19.6 Å². The first-order valence-electron chi connectivity index (χ1n) is 7.60. The molecule has 1 fully saturated rings. The Morgan fingerprint density at radius 1 is 1.42 bits per heavy atom. The average Bonchev–Trinajstić information content (AvgIpc) is 2.65. The number of hydrogen-bond acceptors (Lipinski definition) is 3. The topological polar surface area (TPSA) is 47.1 Å². The van der Waals surface area contributed by atoms with Crippen LogP contribution in [-0.4, -0.2) is 34.3 Å². The Morgan fingerprint density at radius 2 is 2.21 bits per heavy atom. The molecule has 19 heavy (non-hydrogen) atoms. The van der Waals surface area contributed by atoms with Gasteiger partial charge in [0.25, 0.3) is 0 Å². The zero-order valence-electron chi connectivity index (χ0n) is 12.6. The fraction of sp³-hybridized carbons (Fsp3) is 0.800. The SMILES string of the molecule is CCC1CCCN(C(CN)c2cnn(C)c2C)CC1. The molecule has 108 valence electrons. The van der Waals surface area contributed by atoms with E-state index in [1.165, 1.54) is 50.0 Å². The Kier molecular flexibility index (Phi) is 4.99. The van der Waals surface area contributed by atoms with Gasteiger partial charge in [-0.25, -0.2) is 0 Å². The molecule has 0 saturated carbocycles. The maximum absolute atomic E-state index is 6.05. The Hall–Kier alpha value is -0.870. The third-order valence-corrected chi connectivity index (χ3v) is 4.76. The molecule has 1 aromatic heterocycles. The zero-order valence-corrected chi connectivity index (χ0v) is 12.6. The minimum absolute atomic E-state index is 0.337. The summed E-state index contributed by atoms with van der Waals surface area (Å²) in [6.07, 6.45) is 7.29. The highest BCUT2D eigenvalue weighted by atomic mass is 15.3. The van der Waals surface area contributed by atoms with Crippen molar-refractivity contribution in [1.82, 2.24) is 14.7 Å². The van der Waals surface area contributed by atoms with Gasteiger partial charge in [-0.2, -0.15) is 5.10 Å². The third-order valence-electron chi connectivity index (χ3n) is 4.76. The Morgan fingerprint density at radius 3 is 2.79 bits per heavy atom. The Bertz CT molecular complexity index is 399. The van der Waals surface area contributed by atoms with Crippen LogP contribution in [0.4, 0.5) is 0 Å². The van der Waals surface area contributed by atoms with Gasteiger partial charge in [-0.15, -0.1) is 0 Å². The molecule has 0 aromatic carbocycles. The number of aryl methyl sites for hydroxylation is 1. The van der Waals surface area contributed by atoms with Crippen LogP contribution in [0.5, 0.6) is 0 Å². The van der Waals surface area contributed by atoms with Crippen molar-refractivity contribution in [1.29, 1.82) is 0 Å². The Balaban J connectivity index is 2.11.